The number of sulfonamides is 1. The fraction of sp³-hybridized carbons (Fsp3) is 0.308. The fourth-order valence-electron chi connectivity index (χ4n) is 1.72. The van der Waals surface area contributed by atoms with E-state index >= 15 is 0 Å². The quantitative estimate of drug-likeness (QED) is 0.922. The molecule has 2 aromatic rings. The molecule has 0 saturated carbocycles. The van der Waals surface area contributed by atoms with Crippen molar-refractivity contribution >= 4 is 27.0 Å². The number of hydrogen-bond acceptors (Lipinski definition) is 5. The number of rotatable bonds is 5. The molecule has 0 amide bonds. The number of hydrogen-bond donors (Lipinski definition) is 1. The van der Waals surface area contributed by atoms with Crippen LogP contribution >= 0.6 is 11.3 Å². The lowest BCUT2D eigenvalue weighted by molar-refractivity contribution is 0.521. The molecule has 1 aromatic carbocycles. The van der Waals surface area contributed by atoms with Crippen LogP contribution in [0.4, 0.5) is 5.69 Å². The van der Waals surface area contributed by atoms with Gasteiger partial charge < -0.3 is 5.32 Å². The van der Waals surface area contributed by atoms with Gasteiger partial charge >= 0.3 is 0 Å². The van der Waals surface area contributed by atoms with E-state index in [1.807, 2.05) is 19.2 Å². The lowest BCUT2D eigenvalue weighted by Gasteiger charge is -2.16. The molecule has 0 aliphatic heterocycles. The Kier molecular flexibility index (Phi) is 4.42. The number of nitrogens with zero attached hydrogens (tertiary/aromatic N) is 2. The largest absolute Gasteiger partial charge is 0.378 e. The van der Waals surface area contributed by atoms with E-state index in [0.29, 0.717) is 0 Å². The van der Waals surface area contributed by atoms with E-state index in [0.717, 1.165) is 10.6 Å². The molecule has 0 bridgehead atoms. The highest BCUT2D eigenvalue weighted by Crippen LogP contribution is 2.24. The summed E-state index contributed by atoms with van der Waals surface area (Å²) in [5.74, 6) is 0. The van der Waals surface area contributed by atoms with Gasteiger partial charge in [-0.1, -0.05) is 6.07 Å². The minimum Gasteiger partial charge on any atom is -0.378 e. The maximum absolute atomic E-state index is 12.1. The van der Waals surface area contributed by atoms with Gasteiger partial charge in [-0.2, -0.15) is 0 Å². The van der Waals surface area contributed by atoms with E-state index in [1.54, 1.807) is 35.0 Å². The predicted octanol–water partition coefficient (Wildman–Crippen LogP) is 2.57. The summed E-state index contributed by atoms with van der Waals surface area (Å²) in [5, 5.41) is 3.28. The average Bonchev–Trinajstić information content (AvgIpc) is 2.92. The van der Waals surface area contributed by atoms with E-state index < -0.39 is 10.0 Å². The van der Waals surface area contributed by atoms with Crippen LogP contribution in [0.1, 0.15) is 17.8 Å². The van der Waals surface area contributed by atoms with Crippen LogP contribution in [-0.2, 0) is 10.0 Å². The highest BCUT2D eigenvalue weighted by Gasteiger charge is 2.17. The molecule has 0 fully saturated rings. The Balaban J connectivity index is 2.23. The molecule has 108 valence electrons. The molecule has 1 unspecified atom stereocenters. The van der Waals surface area contributed by atoms with Crippen molar-refractivity contribution in [2.75, 3.05) is 19.4 Å². The third-order valence-electron chi connectivity index (χ3n) is 2.87. The first kappa shape index (κ1) is 15.0. The van der Waals surface area contributed by atoms with Gasteiger partial charge in [-0.05, 0) is 25.1 Å². The zero-order valence-corrected chi connectivity index (χ0v) is 13.2. The zero-order valence-electron chi connectivity index (χ0n) is 11.6. The summed E-state index contributed by atoms with van der Waals surface area (Å²) in [6.07, 6.45) is 1.81. The Morgan fingerprint density at radius 2 is 2.10 bits per heavy atom. The third kappa shape index (κ3) is 3.17. The lowest BCUT2D eigenvalue weighted by Crippen LogP contribution is -2.22. The van der Waals surface area contributed by atoms with Crippen molar-refractivity contribution in [2.24, 2.45) is 0 Å². The van der Waals surface area contributed by atoms with Gasteiger partial charge in [-0.25, -0.2) is 12.7 Å². The van der Waals surface area contributed by atoms with Crippen LogP contribution in [0.5, 0.6) is 0 Å². The minimum atomic E-state index is -3.41. The number of aromatic nitrogens is 1. The van der Waals surface area contributed by atoms with E-state index in [4.69, 9.17) is 0 Å². The monoisotopic (exact) mass is 311 g/mol. The number of thiazole rings is 1. The lowest BCUT2D eigenvalue weighted by atomic mass is 10.2. The summed E-state index contributed by atoms with van der Waals surface area (Å²) < 4.78 is 25.4. The molecule has 1 N–H and O–H groups in total. The van der Waals surface area contributed by atoms with E-state index in [1.165, 1.54) is 18.4 Å². The molecule has 0 aliphatic carbocycles. The number of nitrogens with one attached hydrogen (secondary N) is 1. The smallest absolute Gasteiger partial charge is 0.242 e. The molecule has 20 heavy (non-hydrogen) atoms. The Labute approximate surface area is 123 Å². The molecule has 0 radical (unpaired) electrons. The van der Waals surface area contributed by atoms with Gasteiger partial charge in [0.1, 0.15) is 0 Å². The second kappa shape index (κ2) is 5.90. The van der Waals surface area contributed by atoms with Crippen molar-refractivity contribution in [3.8, 4) is 0 Å². The maximum Gasteiger partial charge on any atom is 0.242 e. The second-order valence-electron chi connectivity index (χ2n) is 4.59. The molecular formula is C13H17N3O2S2. The van der Waals surface area contributed by atoms with Gasteiger partial charge in [0.2, 0.25) is 10.0 Å². The van der Waals surface area contributed by atoms with Crippen molar-refractivity contribution in [2.45, 2.75) is 17.9 Å². The van der Waals surface area contributed by atoms with E-state index in [2.05, 4.69) is 10.3 Å². The van der Waals surface area contributed by atoms with Gasteiger partial charge in [0, 0.05) is 30.9 Å². The first-order chi connectivity index (χ1) is 9.41. The molecular weight excluding hydrogens is 294 g/mol. The van der Waals surface area contributed by atoms with Gasteiger partial charge in [0.05, 0.1) is 16.4 Å². The normalized spacial score (nSPS) is 13.4. The van der Waals surface area contributed by atoms with Crippen LogP contribution in [0, 0.1) is 0 Å². The van der Waals surface area contributed by atoms with Crippen molar-refractivity contribution in [3.63, 3.8) is 0 Å². The van der Waals surface area contributed by atoms with Gasteiger partial charge in [-0.15, -0.1) is 11.3 Å². The van der Waals surface area contributed by atoms with Gasteiger partial charge in [0.25, 0.3) is 0 Å². The predicted molar refractivity (Wildman–Crippen MR) is 81.5 cm³/mol. The highest BCUT2D eigenvalue weighted by atomic mass is 32.2. The first-order valence-electron chi connectivity index (χ1n) is 6.09. The number of anilines is 1. The van der Waals surface area contributed by atoms with Crippen molar-refractivity contribution in [3.05, 3.63) is 40.8 Å². The van der Waals surface area contributed by atoms with E-state index in [-0.39, 0.29) is 10.9 Å². The molecule has 1 aromatic heterocycles. The topological polar surface area (TPSA) is 62.3 Å². The molecule has 5 nitrogen and oxygen atoms in total. The fourth-order valence-corrected chi connectivity index (χ4v) is 3.29. The summed E-state index contributed by atoms with van der Waals surface area (Å²) >= 11 is 1.56. The zero-order chi connectivity index (χ0) is 14.8. The van der Waals surface area contributed by atoms with Gasteiger partial charge in [0.15, 0.2) is 0 Å². The second-order valence-corrected chi connectivity index (χ2v) is 7.65. The molecule has 1 atom stereocenters. The molecule has 0 saturated heterocycles. The standard InChI is InChI=1S/C13H17N3O2S2/c1-10(13-8-14-9-19-13)15-11-5-4-6-12(7-11)20(17,18)16(2)3/h4-10,15H,1-3H3. The van der Waals surface area contributed by atoms with Crippen LogP contribution in [0.2, 0.25) is 0 Å². The van der Waals surface area contributed by atoms with Crippen LogP contribution in [-0.4, -0.2) is 31.8 Å². The highest BCUT2D eigenvalue weighted by molar-refractivity contribution is 7.89. The first-order valence-corrected chi connectivity index (χ1v) is 8.41. The summed E-state index contributed by atoms with van der Waals surface area (Å²) in [7, 11) is -0.359. The Morgan fingerprint density at radius 1 is 1.35 bits per heavy atom. The molecule has 2 rings (SSSR count). The van der Waals surface area contributed by atoms with Crippen molar-refractivity contribution < 1.29 is 8.42 Å². The van der Waals surface area contributed by atoms with Crippen LogP contribution in [0.25, 0.3) is 0 Å². The van der Waals surface area contributed by atoms with Crippen LogP contribution in [0.15, 0.2) is 40.9 Å². The molecule has 1 heterocycles. The summed E-state index contributed by atoms with van der Waals surface area (Å²) in [6, 6.07) is 6.91. The van der Waals surface area contributed by atoms with E-state index in [9.17, 15) is 8.42 Å². The average molecular weight is 311 g/mol. The number of benzene rings is 1. The summed E-state index contributed by atoms with van der Waals surface area (Å²) in [6.45, 7) is 2.01. The maximum atomic E-state index is 12.1. The van der Waals surface area contributed by atoms with Gasteiger partial charge in [-0.3, -0.25) is 4.98 Å². The Morgan fingerprint density at radius 3 is 2.70 bits per heavy atom. The van der Waals surface area contributed by atoms with Crippen molar-refractivity contribution in [1.29, 1.82) is 0 Å². The Hall–Kier alpha value is -1.44. The molecule has 0 aliphatic rings. The van der Waals surface area contributed by atoms with Crippen molar-refractivity contribution in [1.82, 2.24) is 9.29 Å². The van der Waals surface area contributed by atoms with Crippen LogP contribution < -0.4 is 5.32 Å². The summed E-state index contributed by atoms with van der Waals surface area (Å²) in [5.41, 5.74) is 2.55. The molecule has 7 heteroatoms. The summed E-state index contributed by atoms with van der Waals surface area (Å²) in [4.78, 5) is 5.42. The molecule has 0 spiro atoms. The van der Waals surface area contributed by atoms with Crippen LogP contribution in [0.3, 0.4) is 0 Å². The third-order valence-corrected chi connectivity index (χ3v) is 5.64. The SMILES string of the molecule is CC(Nc1cccc(S(=O)(=O)N(C)C)c1)c1cncs1. The minimum absolute atomic E-state index is 0.0832. The Bertz CT molecular complexity index is 667.